The fourth-order valence-electron chi connectivity index (χ4n) is 1.90. The number of carbonyl (C=O) groups is 1. The van der Waals surface area contributed by atoms with E-state index in [1.54, 1.807) is 12.3 Å². The number of hydrogen-bond donors (Lipinski definition) is 2. The molecule has 3 N–H and O–H groups in total. The van der Waals surface area contributed by atoms with E-state index in [0.717, 1.165) is 11.6 Å². The molecule has 0 radical (unpaired) electrons. The minimum atomic E-state index is -3.13. The van der Waals surface area contributed by atoms with Gasteiger partial charge in [-0.1, -0.05) is 18.2 Å². The van der Waals surface area contributed by atoms with Gasteiger partial charge in [-0.2, -0.15) is 0 Å². The van der Waals surface area contributed by atoms with Crippen LogP contribution in [0.2, 0.25) is 0 Å². The number of rotatable bonds is 5. The van der Waals surface area contributed by atoms with Crippen LogP contribution < -0.4 is 11.1 Å². The molecule has 0 aliphatic carbocycles. The summed E-state index contributed by atoms with van der Waals surface area (Å²) in [6, 6.07) is 8.26. The zero-order valence-corrected chi connectivity index (χ0v) is 12.4. The lowest BCUT2D eigenvalue weighted by molar-refractivity contribution is -0.117. The Kier molecular flexibility index (Phi) is 4.54. The van der Waals surface area contributed by atoms with E-state index in [9.17, 15) is 13.2 Å². The number of para-hydroxylation sites is 1. The summed E-state index contributed by atoms with van der Waals surface area (Å²) < 4.78 is 22.2. The molecule has 0 bridgehead atoms. The van der Waals surface area contributed by atoms with Crippen LogP contribution >= 0.6 is 0 Å². The van der Waals surface area contributed by atoms with Gasteiger partial charge < -0.3 is 11.1 Å². The van der Waals surface area contributed by atoms with Crippen LogP contribution in [0.15, 0.2) is 36.5 Å². The second kappa shape index (κ2) is 6.19. The molecule has 0 saturated heterocycles. The van der Waals surface area contributed by atoms with E-state index in [1.165, 1.54) is 0 Å². The summed E-state index contributed by atoms with van der Waals surface area (Å²) >= 11 is 0. The van der Waals surface area contributed by atoms with Crippen LogP contribution in [0, 0.1) is 0 Å². The molecule has 1 aromatic carbocycles. The number of nitrogens with zero attached hydrogens (tertiary/aromatic N) is 1. The predicted molar refractivity (Wildman–Crippen MR) is 82.7 cm³/mol. The summed E-state index contributed by atoms with van der Waals surface area (Å²) in [6.45, 7) is 0. The molecule has 0 aliphatic heterocycles. The van der Waals surface area contributed by atoms with Crippen molar-refractivity contribution in [3.63, 3.8) is 0 Å². The molecule has 7 heteroatoms. The van der Waals surface area contributed by atoms with Crippen LogP contribution in [-0.4, -0.2) is 37.4 Å². The van der Waals surface area contributed by atoms with E-state index >= 15 is 0 Å². The summed E-state index contributed by atoms with van der Waals surface area (Å²) in [6.07, 6.45) is 2.84. The third-order valence-electron chi connectivity index (χ3n) is 3.03. The Labute approximate surface area is 123 Å². The minimum Gasteiger partial charge on any atom is -0.323 e. The van der Waals surface area contributed by atoms with Crippen LogP contribution in [0.25, 0.3) is 10.9 Å². The Balaban J connectivity index is 2.11. The molecule has 1 atom stereocenters. The first kappa shape index (κ1) is 15.4. The molecule has 0 spiro atoms. The average molecular weight is 307 g/mol. The highest BCUT2D eigenvalue weighted by Gasteiger charge is 2.17. The molecule has 6 nitrogen and oxygen atoms in total. The zero-order valence-electron chi connectivity index (χ0n) is 11.6. The van der Waals surface area contributed by atoms with Gasteiger partial charge in [-0.25, -0.2) is 8.42 Å². The van der Waals surface area contributed by atoms with Gasteiger partial charge in [0.25, 0.3) is 0 Å². The minimum absolute atomic E-state index is 0.0862. The zero-order chi connectivity index (χ0) is 15.5. The van der Waals surface area contributed by atoms with Crippen molar-refractivity contribution >= 4 is 32.3 Å². The normalized spacial score (nSPS) is 13.0. The molecule has 1 amide bonds. The second-order valence-electron chi connectivity index (χ2n) is 4.89. The number of amides is 1. The molecule has 21 heavy (non-hydrogen) atoms. The number of pyridine rings is 1. The summed E-state index contributed by atoms with van der Waals surface area (Å²) in [5, 5.41) is 3.60. The lowest BCUT2D eigenvalue weighted by Gasteiger charge is -2.12. The first-order valence-corrected chi connectivity index (χ1v) is 8.51. The lowest BCUT2D eigenvalue weighted by atomic mass is 10.1. The van der Waals surface area contributed by atoms with E-state index in [1.807, 2.05) is 24.3 Å². The summed E-state index contributed by atoms with van der Waals surface area (Å²) in [5.74, 6) is -0.535. The van der Waals surface area contributed by atoms with Gasteiger partial charge in [0.2, 0.25) is 5.91 Å². The number of carbonyl (C=O) groups excluding carboxylic acids is 1. The monoisotopic (exact) mass is 307 g/mol. The van der Waals surface area contributed by atoms with E-state index in [0.29, 0.717) is 11.2 Å². The Morgan fingerprint density at radius 3 is 2.76 bits per heavy atom. The maximum Gasteiger partial charge on any atom is 0.241 e. The molecule has 0 saturated carbocycles. The number of hydrogen-bond acceptors (Lipinski definition) is 5. The average Bonchev–Trinajstić information content (AvgIpc) is 2.44. The molecular weight excluding hydrogens is 290 g/mol. The SMILES string of the molecule is CS(=O)(=O)CCC(N)C(=O)Nc1cccc2cccnc12. The quantitative estimate of drug-likeness (QED) is 0.855. The maximum atomic E-state index is 12.0. The highest BCUT2D eigenvalue weighted by atomic mass is 32.2. The van der Waals surface area contributed by atoms with Crippen LogP contribution in [0.1, 0.15) is 6.42 Å². The Morgan fingerprint density at radius 2 is 2.05 bits per heavy atom. The fourth-order valence-corrected chi connectivity index (χ4v) is 2.58. The Morgan fingerprint density at radius 1 is 1.33 bits per heavy atom. The number of fused-ring (bicyclic) bond motifs is 1. The molecular formula is C14H17N3O3S. The fraction of sp³-hybridized carbons (Fsp3) is 0.286. The highest BCUT2D eigenvalue weighted by Crippen LogP contribution is 2.20. The topological polar surface area (TPSA) is 102 Å². The van der Waals surface area contributed by atoms with Crippen molar-refractivity contribution in [1.29, 1.82) is 0 Å². The highest BCUT2D eigenvalue weighted by molar-refractivity contribution is 7.90. The lowest BCUT2D eigenvalue weighted by Crippen LogP contribution is -2.37. The van der Waals surface area contributed by atoms with E-state index < -0.39 is 21.8 Å². The van der Waals surface area contributed by atoms with Crippen molar-refractivity contribution in [2.75, 3.05) is 17.3 Å². The van der Waals surface area contributed by atoms with Crippen LogP contribution in [0.4, 0.5) is 5.69 Å². The van der Waals surface area contributed by atoms with Gasteiger partial charge >= 0.3 is 0 Å². The smallest absolute Gasteiger partial charge is 0.241 e. The first-order valence-electron chi connectivity index (χ1n) is 6.45. The molecule has 1 unspecified atom stereocenters. The van der Waals surface area contributed by atoms with E-state index in [2.05, 4.69) is 10.3 Å². The third-order valence-corrected chi connectivity index (χ3v) is 4.00. The van der Waals surface area contributed by atoms with Gasteiger partial charge in [-0.05, 0) is 18.6 Å². The number of anilines is 1. The standard InChI is InChI=1S/C14H17N3O3S/c1-21(19,20)9-7-11(15)14(18)17-12-6-2-4-10-5-3-8-16-13(10)12/h2-6,8,11H,7,9,15H2,1H3,(H,17,18). The molecule has 112 valence electrons. The molecule has 2 rings (SSSR count). The van der Waals surface area contributed by atoms with Gasteiger partial charge in [0.15, 0.2) is 0 Å². The van der Waals surface area contributed by atoms with Crippen molar-refractivity contribution in [1.82, 2.24) is 4.98 Å². The number of aromatic nitrogens is 1. The van der Waals surface area contributed by atoms with Crippen LogP contribution in [-0.2, 0) is 14.6 Å². The maximum absolute atomic E-state index is 12.0. The summed E-state index contributed by atoms with van der Waals surface area (Å²) in [5.41, 5.74) is 6.95. The van der Waals surface area contributed by atoms with Gasteiger partial charge in [0, 0.05) is 17.8 Å². The van der Waals surface area contributed by atoms with Gasteiger partial charge in [-0.15, -0.1) is 0 Å². The molecule has 2 aromatic rings. The number of sulfone groups is 1. The second-order valence-corrected chi connectivity index (χ2v) is 7.15. The van der Waals surface area contributed by atoms with Gasteiger partial charge in [0.1, 0.15) is 9.84 Å². The van der Waals surface area contributed by atoms with Crippen LogP contribution in [0.5, 0.6) is 0 Å². The third kappa shape index (κ3) is 4.24. The summed E-state index contributed by atoms with van der Waals surface area (Å²) in [4.78, 5) is 16.2. The van der Waals surface area contributed by atoms with E-state index in [-0.39, 0.29) is 12.2 Å². The largest absolute Gasteiger partial charge is 0.323 e. The first-order chi connectivity index (χ1) is 9.87. The number of benzene rings is 1. The van der Waals surface area contributed by atoms with Crippen molar-refractivity contribution in [3.8, 4) is 0 Å². The van der Waals surface area contributed by atoms with Gasteiger partial charge in [0.05, 0.1) is 23.0 Å². The van der Waals surface area contributed by atoms with Crippen LogP contribution in [0.3, 0.4) is 0 Å². The Hall–Kier alpha value is -1.99. The van der Waals surface area contributed by atoms with E-state index in [4.69, 9.17) is 5.73 Å². The molecule has 1 heterocycles. The molecule has 1 aromatic heterocycles. The van der Waals surface area contributed by atoms with Gasteiger partial charge in [-0.3, -0.25) is 9.78 Å². The molecule has 0 aliphatic rings. The van der Waals surface area contributed by atoms with Crippen molar-refractivity contribution in [2.45, 2.75) is 12.5 Å². The predicted octanol–water partition coefficient (Wildman–Crippen LogP) is 0.935. The Bertz CT molecular complexity index is 754. The van der Waals surface area contributed by atoms with Crippen molar-refractivity contribution in [2.24, 2.45) is 5.73 Å². The number of nitrogens with one attached hydrogen (secondary N) is 1. The molecule has 0 fully saturated rings. The van der Waals surface area contributed by atoms with Crippen molar-refractivity contribution in [3.05, 3.63) is 36.5 Å². The van der Waals surface area contributed by atoms with Crippen molar-refractivity contribution < 1.29 is 13.2 Å². The summed E-state index contributed by atoms with van der Waals surface area (Å²) in [7, 11) is -3.13. The number of nitrogens with two attached hydrogens (primary N) is 1.